The summed E-state index contributed by atoms with van der Waals surface area (Å²) in [6, 6.07) is 0. The number of hydrogen-bond donors (Lipinski definition) is 1. The van der Waals surface area contributed by atoms with Crippen LogP contribution in [0.2, 0.25) is 0 Å². The van der Waals surface area contributed by atoms with E-state index in [2.05, 4.69) is 4.98 Å². The van der Waals surface area contributed by atoms with Crippen molar-refractivity contribution in [2.75, 3.05) is 7.11 Å². The molecule has 0 saturated heterocycles. The van der Waals surface area contributed by atoms with Gasteiger partial charge in [0.15, 0.2) is 5.03 Å². The molecular weight excluding hydrogens is 230 g/mol. The van der Waals surface area contributed by atoms with Crippen LogP contribution in [0.15, 0.2) is 11.2 Å². The van der Waals surface area contributed by atoms with Crippen molar-refractivity contribution in [3.63, 3.8) is 0 Å². The molecule has 1 heterocycles. The largest absolute Gasteiger partial charge is 0.380 e. The molecule has 1 rings (SSSR count). The van der Waals surface area contributed by atoms with Crippen LogP contribution < -0.4 is 5.14 Å². The van der Waals surface area contributed by atoms with Crippen molar-refractivity contribution in [1.29, 1.82) is 0 Å². The molecule has 0 radical (unpaired) electrons. The van der Waals surface area contributed by atoms with E-state index in [-0.39, 0.29) is 11.1 Å². The second-order valence-corrected chi connectivity index (χ2v) is 5.10. The molecule has 0 aliphatic rings. The van der Waals surface area contributed by atoms with E-state index in [0.29, 0.717) is 18.8 Å². The van der Waals surface area contributed by atoms with Crippen LogP contribution in [0.3, 0.4) is 0 Å². The van der Waals surface area contributed by atoms with E-state index in [1.807, 2.05) is 13.8 Å². The van der Waals surface area contributed by atoms with E-state index in [0.717, 1.165) is 0 Å². The molecule has 0 aliphatic heterocycles. The molecule has 1 aromatic heterocycles. The maximum atomic E-state index is 11.1. The summed E-state index contributed by atoms with van der Waals surface area (Å²) in [5.74, 6) is 0.688. The van der Waals surface area contributed by atoms with E-state index >= 15 is 0 Å². The molecule has 0 saturated carbocycles. The summed E-state index contributed by atoms with van der Waals surface area (Å²) in [6.07, 6.45) is 2.09. The summed E-state index contributed by atoms with van der Waals surface area (Å²) in [5, 5.41) is 4.93. The van der Waals surface area contributed by atoms with Crippen molar-refractivity contribution < 1.29 is 13.2 Å². The van der Waals surface area contributed by atoms with E-state index in [9.17, 15) is 8.42 Å². The number of primary sulfonamides is 1. The van der Waals surface area contributed by atoms with Gasteiger partial charge >= 0.3 is 0 Å². The fourth-order valence-corrected chi connectivity index (χ4v) is 1.86. The SMILES string of the molecule is CCc1nc(S(N)(=O)=O)cn1CC(C)OC. The second-order valence-electron chi connectivity index (χ2n) is 3.59. The highest BCUT2D eigenvalue weighted by Crippen LogP contribution is 2.10. The Kier molecular flexibility index (Phi) is 4.06. The van der Waals surface area contributed by atoms with Crippen molar-refractivity contribution >= 4 is 10.0 Å². The lowest BCUT2D eigenvalue weighted by Gasteiger charge is -2.11. The monoisotopic (exact) mass is 247 g/mol. The zero-order valence-corrected chi connectivity index (χ0v) is 10.5. The molecule has 0 fully saturated rings. The number of nitrogens with two attached hydrogens (primary N) is 1. The van der Waals surface area contributed by atoms with Gasteiger partial charge in [0.2, 0.25) is 0 Å². The highest BCUT2D eigenvalue weighted by Gasteiger charge is 2.16. The van der Waals surface area contributed by atoms with Crippen molar-refractivity contribution in [2.24, 2.45) is 5.14 Å². The predicted molar refractivity (Wildman–Crippen MR) is 59.4 cm³/mol. The summed E-state index contributed by atoms with van der Waals surface area (Å²) in [5.41, 5.74) is 0. The highest BCUT2D eigenvalue weighted by molar-refractivity contribution is 7.89. The lowest BCUT2D eigenvalue weighted by atomic mass is 10.4. The third kappa shape index (κ3) is 3.03. The van der Waals surface area contributed by atoms with Gasteiger partial charge in [0.05, 0.1) is 6.10 Å². The van der Waals surface area contributed by atoms with Gasteiger partial charge < -0.3 is 9.30 Å². The van der Waals surface area contributed by atoms with E-state index in [1.54, 1.807) is 11.7 Å². The number of aromatic nitrogens is 2. The van der Waals surface area contributed by atoms with Crippen LogP contribution in [-0.2, 0) is 27.7 Å². The molecule has 1 unspecified atom stereocenters. The van der Waals surface area contributed by atoms with Gasteiger partial charge in [-0.2, -0.15) is 0 Å². The smallest absolute Gasteiger partial charge is 0.257 e. The van der Waals surface area contributed by atoms with Crippen LogP contribution in [0, 0.1) is 0 Å². The molecule has 1 atom stereocenters. The Balaban J connectivity index is 3.05. The molecule has 0 spiro atoms. The summed E-state index contributed by atoms with van der Waals surface area (Å²) in [6.45, 7) is 4.36. The minimum absolute atomic E-state index is 0.00664. The van der Waals surface area contributed by atoms with Gasteiger partial charge in [-0.25, -0.2) is 18.5 Å². The Bertz CT molecular complexity index is 453. The van der Waals surface area contributed by atoms with Gasteiger partial charge in [0.1, 0.15) is 5.82 Å². The first-order valence-electron chi connectivity index (χ1n) is 5.00. The minimum atomic E-state index is -3.73. The molecule has 0 aromatic carbocycles. The Morgan fingerprint density at radius 2 is 2.25 bits per heavy atom. The van der Waals surface area contributed by atoms with Crippen LogP contribution >= 0.6 is 0 Å². The lowest BCUT2D eigenvalue weighted by molar-refractivity contribution is 0.102. The molecular formula is C9H17N3O3S. The predicted octanol–water partition coefficient (Wildman–Crippen LogP) is 0.128. The van der Waals surface area contributed by atoms with Crippen molar-refractivity contribution in [1.82, 2.24) is 9.55 Å². The molecule has 92 valence electrons. The van der Waals surface area contributed by atoms with Crippen LogP contribution in [0.4, 0.5) is 0 Å². The zero-order valence-electron chi connectivity index (χ0n) is 9.67. The molecule has 7 heteroatoms. The van der Waals surface area contributed by atoms with Gasteiger partial charge in [-0.05, 0) is 6.92 Å². The molecule has 0 bridgehead atoms. The third-order valence-corrected chi connectivity index (χ3v) is 3.08. The normalized spacial score (nSPS) is 14.0. The van der Waals surface area contributed by atoms with Gasteiger partial charge in [0, 0.05) is 26.3 Å². The van der Waals surface area contributed by atoms with Crippen molar-refractivity contribution in [3.8, 4) is 0 Å². The number of hydrogen-bond acceptors (Lipinski definition) is 4. The highest BCUT2D eigenvalue weighted by atomic mass is 32.2. The fraction of sp³-hybridized carbons (Fsp3) is 0.667. The van der Waals surface area contributed by atoms with E-state index in [4.69, 9.17) is 9.88 Å². The minimum Gasteiger partial charge on any atom is -0.380 e. The summed E-state index contributed by atoms with van der Waals surface area (Å²) >= 11 is 0. The summed E-state index contributed by atoms with van der Waals surface area (Å²) in [7, 11) is -2.12. The molecule has 0 amide bonds. The Morgan fingerprint density at radius 3 is 2.69 bits per heavy atom. The van der Waals surface area contributed by atoms with Crippen LogP contribution in [0.5, 0.6) is 0 Å². The Labute approximate surface area is 95.5 Å². The molecule has 1 aromatic rings. The number of ether oxygens (including phenoxy) is 1. The average Bonchev–Trinajstić information content (AvgIpc) is 2.60. The Morgan fingerprint density at radius 1 is 1.62 bits per heavy atom. The molecule has 6 nitrogen and oxygen atoms in total. The maximum absolute atomic E-state index is 11.1. The molecule has 0 aliphatic carbocycles. The fourth-order valence-electron chi connectivity index (χ4n) is 1.36. The van der Waals surface area contributed by atoms with Crippen molar-refractivity contribution in [2.45, 2.75) is 37.9 Å². The van der Waals surface area contributed by atoms with Gasteiger partial charge in [-0.1, -0.05) is 6.92 Å². The first-order valence-corrected chi connectivity index (χ1v) is 6.54. The number of methoxy groups -OCH3 is 1. The van der Waals surface area contributed by atoms with E-state index < -0.39 is 10.0 Å². The first kappa shape index (κ1) is 13.1. The quantitative estimate of drug-likeness (QED) is 0.801. The van der Waals surface area contributed by atoms with Crippen molar-refractivity contribution in [3.05, 3.63) is 12.0 Å². The summed E-state index contributed by atoms with van der Waals surface area (Å²) in [4.78, 5) is 3.98. The van der Waals surface area contributed by atoms with Crippen LogP contribution in [0.1, 0.15) is 19.7 Å². The van der Waals surface area contributed by atoms with Gasteiger partial charge in [-0.15, -0.1) is 0 Å². The van der Waals surface area contributed by atoms with Crippen LogP contribution in [0.25, 0.3) is 0 Å². The van der Waals surface area contributed by atoms with E-state index in [1.165, 1.54) is 6.20 Å². The number of rotatable bonds is 5. The molecule has 16 heavy (non-hydrogen) atoms. The maximum Gasteiger partial charge on any atom is 0.257 e. The topological polar surface area (TPSA) is 87.2 Å². The number of aryl methyl sites for hydroxylation is 1. The lowest BCUT2D eigenvalue weighted by Crippen LogP contribution is -2.16. The zero-order chi connectivity index (χ0) is 12.3. The average molecular weight is 247 g/mol. The first-order chi connectivity index (χ1) is 7.38. The standard InChI is InChI=1S/C9H17N3O3S/c1-4-8-11-9(16(10,13)14)6-12(8)5-7(2)15-3/h6-7H,4-5H2,1-3H3,(H2,10,13,14). The number of imidazole rings is 1. The summed E-state index contributed by atoms with van der Waals surface area (Å²) < 4.78 is 29.2. The number of sulfonamides is 1. The third-order valence-electron chi connectivity index (χ3n) is 2.30. The Hall–Kier alpha value is -0.920. The second kappa shape index (κ2) is 4.94. The van der Waals surface area contributed by atoms with Gasteiger partial charge in [0.25, 0.3) is 10.0 Å². The number of nitrogens with zero attached hydrogens (tertiary/aromatic N) is 2. The molecule has 2 N–H and O–H groups in total. The van der Waals surface area contributed by atoms with Crippen LogP contribution in [-0.4, -0.2) is 31.2 Å². The van der Waals surface area contributed by atoms with Gasteiger partial charge in [-0.3, -0.25) is 0 Å².